The van der Waals surface area contributed by atoms with Crippen LogP contribution in [0.15, 0.2) is 42.5 Å². The molecule has 0 saturated carbocycles. The van der Waals surface area contributed by atoms with Crippen molar-refractivity contribution in [3.8, 4) is 11.5 Å². The van der Waals surface area contributed by atoms with Gasteiger partial charge < -0.3 is 14.8 Å². The van der Waals surface area contributed by atoms with Gasteiger partial charge in [0.2, 0.25) is 0 Å². The fourth-order valence-electron chi connectivity index (χ4n) is 2.20. The quantitative estimate of drug-likeness (QED) is 0.810. The van der Waals surface area contributed by atoms with E-state index in [1.165, 1.54) is 12.7 Å². The van der Waals surface area contributed by atoms with Gasteiger partial charge in [0.25, 0.3) is 5.91 Å². The number of ether oxygens (including phenoxy) is 2. The topological polar surface area (TPSA) is 47.6 Å². The molecule has 0 saturated heterocycles. The third kappa shape index (κ3) is 4.65. The Kier molecular flexibility index (Phi) is 6.10. The summed E-state index contributed by atoms with van der Waals surface area (Å²) in [6.45, 7) is 5.96. The summed E-state index contributed by atoms with van der Waals surface area (Å²) in [5, 5.41) is 3.30. The maximum atomic E-state index is 12.3. The zero-order chi connectivity index (χ0) is 17.7. The molecule has 2 rings (SSSR count). The van der Waals surface area contributed by atoms with Crippen molar-refractivity contribution in [2.24, 2.45) is 0 Å². The molecule has 1 N–H and O–H groups in total. The molecule has 128 valence electrons. The van der Waals surface area contributed by atoms with Gasteiger partial charge in [0.05, 0.1) is 12.8 Å². The molecule has 0 radical (unpaired) electrons. The first-order chi connectivity index (χ1) is 11.4. The summed E-state index contributed by atoms with van der Waals surface area (Å²) < 4.78 is 10.9. The summed E-state index contributed by atoms with van der Waals surface area (Å²) >= 11 is 5.97. The second-order valence-corrected chi connectivity index (χ2v) is 6.25. The Morgan fingerprint density at radius 3 is 2.33 bits per heavy atom. The molecule has 1 atom stereocenters. The van der Waals surface area contributed by atoms with Crippen LogP contribution in [0.5, 0.6) is 11.5 Å². The van der Waals surface area contributed by atoms with Crippen molar-refractivity contribution in [3.63, 3.8) is 0 Å². The highest BCUT2D eigenvalue weighted by Crippen LogP contribution is 2.28. The first kappa shape index (κ1) is 18.1. The lowest BCUT2D eigenvalue weighted by atomic mass is 10.0. The minimum absolute atomic E-state index is 0.275. The van der Waals surface area contributed by atoms with Crippen molar-refractivity contribution in [2.45, 2.75) is 32.8 Å². The molecule has 0 aromatic heterocycles. The third-order valence-electron chi connectivity index (χ3n) is 3.65. The maximum absolute atomic E-state index is 12.3. The van der Waals surface area contributed by atoms with Crippen molar-refractivity contribution in [1.82, 2.24) is 0 Å². The Bertz CT molecular complexity index is 698. The first-order valence-corrected chi connectivity index (χ1v) is 8.19. The SMILES string of the molecule is COc1ccc(Cl)cc1NC(=O)[C@H](C)Oc1ccc(C(C)C)cc1. The molecule has 0 spiro atoms. The van der Waals surface area contributed by atoms with E-state index in [1.54, 1.807) is 25.1 Å². The van der Waals surface area contributed by atoms with E-state index >= 15 is 0 Å². The summed E-state index contributed by atoms with van der Waals surface area (Å²) in [6, 6.07) is 12.8. The number of benzene rings is 2. The number of methoxy groups -OCH3 is 1. The van der Waals surface area contributed by atoms with Crippen LogP contribution < -0.4 is 14.8 Å². The normalized spacial score (nSPS) is 11.9. The highest BCUT2D eigenvalue weighted by Gasteiger charge is 2.17. The van der Waals surface area contributed by atoms with Crippen molar-refractivity contribution < 1.29 is 14.3 Å². The molecule has 2 aromatic rings. The Morgan fingerprint density at radius 2 is 1.75 bits per heavy atom. The average Bonchev–Trinajstić information content (AvgIpc) is 2.55. The molecule has 0 unspecified atom stereocenters. The molecule has 0 fully saturated rings. The van der Waals surface area contributed by atoms with Crippen molar-refractivity contribution in [2.75, 3.05) is 12.4 Å². The number of carbonyl (C=O) groups is 1. The Morgan fingerprint density at radius 1 is 1.08 bits per heavy atom. The minimum atomic E-state index is -0.654. The average molecular weight is 348 g/mol. The van der Waals surface area contributed by atoms with E-state index in [4.69, 9.17) is 21.1 Å². The number of carbonyl (C=O) groups excluding carboxylic acids is 1. The Balaban J connectivity index is 2.03. The fraction of sp³-hybridized carbons (Fsp3) is 0.316. The van der Waals surface area contributed by atoms with Crippen LogP contribution in [0, 0.1) is 0 Å². The minimum Gasteiger partial charge on any atom is -0.495 e. The van der Waals surface area contributed by atoms with Crippen LogP contribution in [0.2, 0.25) is 5.02 Å². The molecule has 24 heavy (non-hydrogen) atoms. The van der Waals surface area contributed by atoms with E-state index in [0.717, 1.165) is 0 Å². The van der Waals surface area contributed by atoms with Crippen molar-refractivity contribution in [3.05, 3.63) is 53.1 Å². The lowest BCUT2D eigenvalue weighted by Gasteiger charge is -2.17. The summed E-state index contributed by atoms with van der Waals surface area (Å²) in [6.07, 6.45) is -0.654. The predicted octanol–water partition coefficient (Wildman–Crippen LogP) is 4.88. The number of rotatable bonds is 6. The van der Waals surface area contributed by atoms with Gasteiger partial charge >= 0.3 is 0 Å². The summed E-state index contributed by atoms with van der Waals surface area (Å²) in [5.74, 6) is 1.37. The number of anilines is 1. The monoisotopic (exact) mass is 347 g/mol. The second kappa shape index (κ2) is 8.06. The van der Waals surface area contributed by atoms with E-state index in [1.807, 2.05) is 24.3 Å². The molecule has 0 heterocycles. The van der Waals surface area contributed by atoms with Crippen LogP contribution in [0.1, 0.15) is 32.3 Å². The predicted molar refractivity (Wildman–Crippen MR) is 97.3 cm³/mol. The fourth-order valence-corrected chi connectivity index (χ4v) is 2.37. The molecule has 5 heteroatoms. The van der Waals surface area contributed by atoms with Crippen molar-refractivity contribution in [1.29, 1.82) is 0 Å². The van der Waals surface area contributed by atoms with E-state index in [0.29, 0.717) is 28.1 Å². The molecular weight excluding hydrogens is 326 g/mol. The first-order valence-electron chi connectivity index (χ1n) is 7.81. The maximum Gasteiger partial charge on any atom is 0.265 e. The summed E-state index contributed by atoms with van der Waals surface area (Å²) in [5.41, 5.74) is 1.74. The van der Waals surface area contributed by atoms with Crippen LogP contribution >= 0.6 is 11.6 Å². The third-order valence-corrected chi connectivity index (χ3v) is 3.88. The molecule has 0 aliphatic rings. The summed E-state index contributed by atoms with van der Waals surface area (Å²) in [4.78, 5) is 12.3. The van der Waals surface area contributed by atoms with E-state index < -0.39 is 6.10 Å². The summed E-state index contributed by atoms with van der Waals surface area (Å²) in [7, 11) is 1.54. The lowest BCUT2D eigenvalue weighted by molar-refractivity contribution is -0.122. The molecule has 2 aromatic carbocycles. The number of hydrogen-bond acceptors (Lipinski definition) is 3. The smallest absolute Gasteiger partial charge is 0.265 e. The van der Waals surface area contributed by atoms with Gasteiger partial charge in [-0.1, -0.05) is 37.6 Å². The van der Waals surface area contributed by atoms with Crippen molar-refractivity contribution >= 4 is 23.2 Å². The van der Waals surface area contributed by atoms with Gasteiger partial charge in [-0.25, -0.2) is 0 Å². The highest BCUT2D eigenvalue weighted by atomic mass is 35.5. The molecule has 1 amide bonds. The van der Waals surface area contributed by atoms with Gasteiger partial charge in [0.1, 0.15) is 11.5 Å². The van der Waals surface area contributed by atoms with Gasteiger partial charge in [-0.15, -0.1) is 0 Å². The van der Waals surface area contributed by atoms with E-state index in [2.05, 4.69) is 19.2 Å². The Labute approximate surface area is 147 Å². The lowest BCUT2D eigenvalue weighted by Crippen LogP contribution is -2.30. The molecule has 0 bridgehead atoms. The van der Waals surface area contributed by atoms with Crippen LogP contribution in [-0.4, -0.2) is 19.1 Å². The van der Waals surface area contributed by atoms with E-state index in [9.17, 15) is 4.79 Å². The molecule has 0 aliphatic carbocycles. The second-order valence-electron chi connectivity index (χ2n) is 5.82. The van der Waals surface area contributed by atoms with Gasteiger partial charge in [0.15, 0.2) is 6.10 Å². The van der Waals surface area contributed by atoms with Gasteiger partial charge in [-0.05, 0) is 48.7 Å². The number of hydrogen-bond donors (Lipinski definition) is 1. The largest absolute Gasteiger partial charge is 0.495 e. The van der Waals surface area contributed by atoms with Gasteiger partial charge in [0, 0.05) is 5.02 Å². The van der Waals surface area contributed by atoms with E-state index in [-0.39, 0.29) is 5.91 Å². The van der Waals surface area contributed by atoms with Crippen LogP contribution in [-0.2, 0) is 4.79 Å². The van der Waals surface area contributed by atoms with Gasteiger partial charge in [-0.2, -0.15) is 0 Å². The van der Waals surface area contributed by atoms with Crippen LogP contribution in [0.4, 0.5) is 5.69 Å². The molecule has 0 aliphatic heterocycles. The zero-order valence-electron chi connectivity index (χ0n) is 14.3. The zero-order valence-corrected chi connectivity index (χ0v) is 15.1. The molecular formula is C19H22ClNO3. The molecule has 4 nitrogen and oxygen atoms in total. The Hall–Kier alpha value is -2.20. The number of amides is 1. The standard InChI is InChI=1S/C19H22ClNO3/c1-12(2)14-5-8-16(9-6-14)24-13(3)19(22)21-17-11-15(20)7-10-18(17)23-4/h5-13H,1-4H3,(H,21,22)/t13-/m0/s1. The number of halogens is 1. The van der Waals surface area contributed by atoms with Crippen LogP contribution in [0.25, 0.3) is 0 Å². The number of nitrogens with one attached hydrogen (secondary N) is 1. The van der Waals surface area contributed by atoms with Crippen LogP contribution in [0.3, 0.4) is 0 Å². The van der Waals surface area contributed by atoms with Gasteiger partial charge in [-0.3, -0.25) is 4.79 Å². The highest BCUT2D eigenvalue weighted by molar-refractivity contribution is 6.31.